The van der Waals surface area contributed by atoms with E-state index in [1.807, 2.05) is 0 Å². The minimum absolute atomic E-state index is 0.261. The molecule has 2 aromatic rings. The predicted molar refractivity (Wildman–Crippen MR) is 127 cm³/mol. The Morgan fingerprint density at radius 3 is 1.33 bits per heavy atom. The first-order valence-electron chi connectivity index (χ1n) is 10.1. The SMILES string of the molecule is C/C=C/C=C/c1cc(C2=C(c3cc(/C=C/C=C/C)sc3C)C(F)(F)C(F)(F)C2(F)F)c(C)s1. The fourth-order valence-corrected chi connectivity index (χ4v) is 5.52. The van der Waals surface area contributed by atoms with E-state index >= 15 is 17.6 Å². The highest BCUT2D eigenvalue weighted by Crippen LogP contribution is 2.65. The number of aryl methyl sites for hydroxylation is 2. The lowest BCUT2D eigenvalue weighted by atomic mass is 9.95. The number of rotatable bonds is 6. The Labute approximate surface area is 197 Å². The molecule has 0 atom stereocenters. The standard InChI is InChI=1S/C25H22F6S2/c1-5-7-9-11-17-13-19(15(3)32-17)21-22(24(28,29)25(30,31)23(21,26)27)20-14-18(33-16(20)4)12-10-8-6-2/h5-14H,1-4H3/b7-5+,8-6+,11-9+,12-10+. The van der Waals surface area contributed by atoms with E-state index in [0.29, 0.717) is 9.75 Å². The van der Waals surface area contributed by atoms with Gasteiger partial charge in [0, 0.05) is 30.7 Å². The second-order valence-corrected chi connectivity index (χ2v) is 10.1. The number of halogens is 6. The molecule has 0 nitrogen and oxygen atoms in total. The molecule has 2 heterocycles. The summed E-state index contributed by atoms with van der Waals surface area (Å²) < 4.78 is 89.3. The van der Waals surface area contributed by atoms with Crippen LogP contribution >= 0.6 is 22.7 Å². The van der Waals surface area contributed by atoms with Crippen molar-refractivity contribution < 1.29 is 26.3 Å². The number of hydrogen-bond donors (Lipinski definition) is 0. The number of alkyl halides is 6. The van der Waals surface area contributed by atoms with Gasteiger partial charge in [-0.3, -0.25) is 0 Å². The van der Waals surface area contributed by atoms with Gasteiger partial charge in [0.05, 0.1) is 0 Å². The minimum Gasteiger partial charge on any atom is -0.194 e. The van der Waals surface area contributed by atoms with Crippen LogP contribution in [0.4, 0.5) is 26.3 Å². The molecule has 176 valence electrons. The van der Waals surface area contributed by atoms with Crippen molar-refractivity contribution in [2.45, 2.75) is 45.5 Å². The summed E-state index contributed by atoms with van der Waals surface area (Å²) in [4.78, 5) is 1.52. The lowest BCUT2D eigenvalue weighted by Crippen LogP contribution is -2.48. The lowest BCUT2D eigenvalue weighted by molar-refractivity contribution is -0.254. The molecule has 0 aliphatic heterocycles. The van der Waals surface area contributed by atoms with Crippen LogP contribution in [0.5, 0.6) is 0 Å². The molecule has 0 radical (unpaired) electrons. The van der Waals surface area contributed by atoms with Crippen LogP contribution in [0.25, 0.3) is 23.3 Å². The zero-order valence-corrected chi connectivity index (χ0v) is 20.0. The molecule has 0 amide bonds. The Bertz CT molecular complexity index is 1100. The van der Waals surface area contributed by atoms with Crippen molar-refractivity contribution in [1.82, 2.24) is 0 Å². The third-order valence-corrected chi connectivity index (χ3v) is 7.24. The van der Waals surface area contributed by atoms with E-state index in [0.717, 1.165) is 22.7 Å². The van der Waals surface area contributed by atoms with Crippen LogP contribution in [0, 0.1) is 13.8 Å². The third-order valence-electron chi connectivity index (χ3n) is 5.21. The number of hydrogen-bond acceptors (Lipinski definition) is 2. The monoisotopic (exact) mass is 500 g/mol. The summed E-state index contributed by atoms with van der Waals surface area (Å²) in [5.41, 5.74) is -3.18. The fraction of sp³-hybridized carbons (Fsp3) is 0.280. The molecule has 8 heteroatoms. The Kier molecular flexibility index (Phi) is 7.01. The molecule has 2 aromatic heterocycles. The summed E-state index contributed by atoms with van der Waals surface area (Å²) in [5.74, 6) is -15.6. The van der Waals surface area contributed by atoms with Gasteiger partial charge in [-0.25, -0.2) is 0 Å². The second-order valence-electron chi connectivity index (χ2n) is 7.48. The maximum absolute atomic E-state index is 15.1. The molecule has 1 aliphatic carbocycles. The molecular formula is C25H22F6S2. The molecular weight excluding hydrogens is 478 g/mol. The van der Waals surface area contributed by atoms with Crippen molar-refractivity contribution in [3.8, 4) is 0 Å². The summed E-state index contributed by atoms with van der Waals surface area (Å²) in [7, 11) is 0. The van der Waals surface area contributed by atoms with Gasteiger partial charge in [0.25, 0.3) is 0 Å². The Morgan fingerprint density at radius 2 is 1.00 bits per heavy atom. The Hall–Kier alpha value is -2.32. The fourth-order valence-electron chi connectivity index (χ4n) is 3.63. The van der Waals surface area contributed by atoms with Gasteiger partial charge in [-0.15, -0.1) is 22.7 Å². The van der Waals surface area contributed by atoms with Crippen molar-refractivity contribution in [3.63, 3.8) is 0 Å². The average molecular weight is 501 g/mol. The highest BCUT2D eigenvalue weighted by molar-refractivity contribution is 7.13. The van der Waals surface area contributed by atoms with Gasteiger partial charge in [0.15, 0.2) is 0 Å². The minimum atomic E-state index is -5.56. The van der Waals surface area contributed by atoms with E-state index < -0.39 is 28.9 Å². The molecule has 0 unspecified atom stereocenters. The number of allylic oxidation sites excluding steroid dienone is 8. The van der Waals surface area contributed by atoms with Crippen LogP contribution in [0.15, 0.2) is 48.6 Å². The molecule has 0 saturated heterocycles. The largest absolute Gasteiger partial charge is 0.380 e. The van der Waals surface area contributed by atoms with Gasteiger partial charge >= 0.3 is 17.8 Å². The van der Waals surface area contributed by atoms with Crippen molar-refractivity contribution in [2.75, 3.05) is 0 Å². The van der Waals surface area contributed by atoms with E-state index in [1.54, 1.807) is 62.5 Å². The van der Waals surface area contributed by atoms with Crippen molar-refractivity contribution in [3.05, 3.63) is 79.2 Å². The van der Waals surface area contributed by atoms with Crippen LogP contribution in [0.1, 0.15) is 44.5 Å². The van der Waals surface area contributed by atoms with E-state index in [9.17, 15) is 8.78 Å². The summed E-state index contributed by atoms with van der Waals surface area (Å²) in [5, 5.41) is 0. The Balaban J connectivity index is 2.31. The van der Waals surface area contributed by atoms with E-state index in [1.165, 1.54) is 26.0 Å². The van der Waals surface area contributed by atoms with Crippen molar-refractivity contribution in [1.29, 1.82) is 0 Å². The summed E-state index contributed by atoms with van der Waals surface area (Å²) in [6, 6.07) is 2.55. The third kappa shape index (κ3) is 4.19. The first kappa shape index (κ1) is 25.3. The summed E-state index contributed by atoms with van der Waals surface area (Å²) in [6.45, 7) is 6.52. The normalized spacial score (nSPS) is 19.9. The van der Waals surface area contributed by atoms with E-state index in [-0.39, 0.29) is 20.9 Å². The summed E-state index contributed by atoms with van der Waals surface area (Å²) in [6.07, 6.45) is 13.5. The molecule has 3 rings (SSSR count). The van der Waals surface area contributed by atoms with Crippen LogP contribution in [-0.2, 0) is 0 Å². The maximum atomic E-state index is 15.1. The van der Waals surface area contributed by atoms with Crippen LogP contribution < -0.4 is 0 Å². The zero-order valence-electron chi connectivity index (χ0n) is 18.4. The van der Waals surface area contributed by atoms with Gasteiger partial charge in [0.2, 0.25) is 0 Å². The van der Waals surface area contributed by atoms with E-state index in [2.05, 4.69) is 0 Å². The van der Waals surface area contributed by atoms with Gasteiger partial charge in [0.1, 0.15) is 0 Å². The first-order valence-corrected chi connectivity index (χ1v) is 11.7. The molecule has 0 saturated carbocycles. The zero-order chi connectivity index (χ0) is 24.6. The van der Waals surface area contributed by atoms with Crippen molar-refractivity contribution >= 4 is 46.0 Å². The van der Waals surface area contributed by atoms with Gasteiger partial charge in [-0.2, -0.15) is 26.3 Å². The Morgan fingerprint density at radius 1 is 0.636 bits per heavy atom. The van der Waals surface area contributed by atoms with Gasteiger partial charge in [-0.05, 0) is 63.1 Å². The molecule has 33 heavy (non-hydrogen) atoms. The lowest BCUT2D eigenvalue weighted by Gasteiger charge is -2.25. The summed E-state index contributed by atoms with van der Waals surface area (Å²) >= 11 is 2.16. The first-order chi connectivity index (χ1) is 15.4. The maximum Gasteiger partial charge on any atom is 0.380 e. The number of thiophene rings is 2. The van der Waals surface area contributed by atoms with Gasteiger partial charge in [-0.1, -0.05) is 36.5 Å². The van der Waals surface area contributed by atoms with Crippen LogP contribution in [0.3, 0.4) is 0 Å². The molecule has 1 aliphatic rings. The second kappa shape index (κ2) is 9.14. The quantitative estimate of drug-likeness (QED) is 0.274. The smallest absolute Gasteiger partial charge is 0.194 e. The average Bonchev–Trinajstić information content (AvgIpc) is 3.29. The van der Waals surface area contributed by atoms with E-state index in [4.69, 9.17) is 0 Å². The van der Waals surface area contributed by atoms with Gasteiger partial charge < -0.3 is 0 Å². The molecule has 0 aromatic carbocycles. The topological polar surface area (TPSA) is 0 Å². The molecule has 0 N–H and O–H groups in total. The molecule has 0 spiro atoms. The highest BCUT2D eigenvalue weighted by atomic mass is 32.1. The predicted octanol–water partition coefficient (Wildman–Crippen LogP) is 9.44. The van der Waals surface area contributed by atoms with Crippen molar-refractivity contribution in [2.24, 2.45) is 0 Å². The van der Waals surface area contributed by atoms with Crippen LogP contribution in [0.2, 0.25) is 0 Å². The van der Waals surface area contributed by atoms with Crippen LogP contribution in [-0.4, -0.2) is 17.8 Å². The molecule has 0 fully saturated rings. The molecule has 0 bridgehead atoms. The highest BCUT2D eigenvalue weighted by Gasteiger charge is 2.80.